The Hall–Kier alpha value is -1.89. The molecule has 2 aliphatic heterocycles. The predicted molar refractivity (Wildman–Crippen MR) is 89.3 cm³/mol. The monoisotopic (exact) mass is 348 g/mol. The van der Waals surface area contributed by atoms with Crippen LogP contribution in [-0.2, 0) is 14.6 Å². The number of oxazole rings is 1. The van der Waals surface area contributed by atoms with Gasteiger partial charge in [-0.1, -0.05) is 12.1 Å². The molecule has 7 heteroatoms. The number of rotatable bonds is 2. The molecule has 2 aliphatic rings. The smallest absolute Gasteiger partial charge is 0.226 e. The third-order valence-electron chi connectivity index (χ3n) is 5.05. The summed E-state index contributed by atoms with van der Waals surface area (Å²) in [7, 11) is -3.02. The van der Waals surface area contributed by atoms with Crippen LogP contribution in [0.2, 0.25) is 0 Å². The van der Waals surface area contributed by atoms with Crippen molar-refractivity contribution in [3.8, 4) is 0 Å². The van der Waals surface area contributed by atoms with Gasteiger partial charge in [-0.15, -0.1) is 0 Å². The molecule has 3 heterocycles. The molecule has 6 nitrogen and oxygen atoms in total. The van der Waals surface area contributed by atoms with Gasteiger partial charge in [0.25, 0.3) is 0 Å². The summed E-state index contributed by atoms with van der Waals surface area (Å²) in [6.07, 6.45) is 2.07. The summed E-state index contributed by atoms with van der Waals surface area (Å²) in [5.74, 6) is 0.753. The number of carbonyl (C=O) groups excluding carboxylic acids is 1. The number of fused-ring (bicyclic) bond motifs is 1. The Labute approximate surface area is 140 Å². The van der Waals surface area contributed by atoms with Crippen LogP contribution in [0.25, 0.3) is 11.1 Å². The van der Waals surface area contributed by atoms with Gasteiger partial charge in [0.2, 0.25) is 5.91 Å². The Morgan fingerprint density at radius 1 is 1.17 bits per heavy atom. The average molecular weight is 348 g/mol. The number of hydrogen-bond acceptors (Lipinski definition) is 5. The first-order chi connectivity index (χ1) is 11.5. The van der Waals surface area contributed by atoms with E-state index in [1.54, 1.807) is 0 Å². The lowest BCUT2D eigenvalue weighted by atomic mass is 9.95. The zero-order valence-corrected chi connectivity index (χ0v) is 14.2. The molecule has 0 unspecified atom stereocenters. The molecule has 128 valence electrons. The molecular weight excluding hydrogens is 328 g/mol. The lowest BCUT2D eigenvalue weighted by molar-refractivity contribution is -0.135. The van der Waals surface area contributed by atoms with E-state index in [0.717, 1.165) is 29.8 Å². The van der Waals surface area contributed by atoms with E-state index in [1.165, 1.54) is 0 Å². The lowest BCUT2D eigenvalue weighted by Crippen LogP contribution is -2.41. The Morgan fingerprint density at radius 2 is 1.92 bits per heavy atom. The van der Waals surface area contributed by atoms with Gasteiger partial charge in [-0.2, -0.15) is 0 Å². The summed E-state index contributed by atoms with van der Waals surface area (Å²) in [5.41, 5.74) is 1.66. The van der Waals surface area contributed by atoms with Crippen molar-refractivity contribution in [2.24, 2.45) is 5.92 Å². The minimum atomic E-state index is -3.02. The Kier molecular flexibility index (Phi) is 3.83. The SMILES string of the molecule is O=C([C@@H]1CCS(=O)(=O)C1)N1CCC(c2nc3ccccc3o2)CC1. The van der Waals surface area contributed by atoms with Gasteiger partial charge in [0.05, 0.1) is 17.4 Å². The molecule has 0 aliphatic carbocycles. The number of aromatic nitrogens is 1. The molecule has 0 N–H and O–H groups in total. The molecule has 1 amide bonds. The highest BCUT2D eigenvalue weighted by Crippen LogP contribution is 2.31. The second-order valence-electron chi connectivity index (χ2n) is 6.72. The quantitative estimate of drug-likeness (QED) is 0.829. The van der Waals surface area contributed by atoms with E-state index in [1.807, 2.05) is 29.2 Å². The highest BCUT2D eigenvalue weighted by molar-refractivity contribution is 7.91. The van der Waals surface area contributed by atoms with Gasteiger partial charge < -0.3 is 9.32 Å². The van der Waals surface area contributed by atoms with Crippen LogP contribution in [0.1, 0.15) is 31.1 Å². The number of likely N-dealkylation sites (tertiary alicyclic amines) is 1. The predicted octanol–water partition coefficient (Wildman–Crippen LogP) is 1.97. The summed E-state index contributed by atoms with van der Waals surface area (Å²) >= 11 is 0. The maximum Gasteiger partial charge on any atom is 0.226 e. The molecule has 0 saturated carbocycles. The van der Waals surface area contributed by atoms with Crippen LogP contribution in [-0.4, -0.2) is 48.8 Å². The molecule has 1 aromatic heterocycles. The van der Waals surface area contributed by atoms with E-state index >= 15 is 0 Å². The molecule has 2 fully saturated rings. The van der Waals surface area contributed by atoms with E-state index in [0.29, 0.717) is 19.5 Å². The third kappa shape index (κ3) is 2.92. The van der Waals surface area contributed by atoms with Crippen LogP contribution in [0.4, 0.5) is 0 Å². The molecule has 2 saturated heterocycles. The standard InChI is InChI=1S/C17H20N2O4S/c20-17(13-7-10-24(21,22)11-13)19-8-5-12(6-9-19)16-18-14-3-1-2-4-15(14)23-16/h1-4,12-13H,5-11H2/t13-/m1/s1. The lowest BCUT2D eigenvalue weighted by Gasteiger charge is -2.32. The van der Waals surface area contributed by atoms with E-state index in [9.17, 15) is 13.2 Å². The molecular formula is C17H20N2O4S. The first-order valence-corrected chi connectivity index (χ1v) is 10.2. The number of sulfone groups is 1. The summed E-state index contributed by atoms with van der Waals surface area (Å²) < 4.78 is 29.0. The van der Waals surface area contributed by atoms with E-state index in [4.69, 9.17) is 4.42 Å². The topological polar surface area (TPSA) is 80.5 Å². The van der Waals surface area contributed by atoms with Crippen LogP contribution in [0.3, 0.4) is 0 Å². The Morgan fingerprint density at radius 3 is 2.58 bits per heavy atom. The minimum absolute atomic E-state index is 0.00732. The highest BCUT2D eigenvalue weighted by Gasteiger charge is 2.37. The van der Waals surface area contributed by atoms with Crippen molar-refractivity contribution in [2.45, 2.75) is 25.2 Å². The van der Waals surface area contributed by atoms with Crippen molar-refractivity contribution in [1.29, 1.82) is 0 Å². The molecule has 1 aromatic carbocycles. The average Bonchev–Trinajstić information content (AvgIpc) is 3.17. The number of hydrogen-bond donors (Lipinski definition) is 0. The van der Waals surface area contributed by atoms with Crippen LogP contribution in [0.15, 0.2) is 28.7 Å². The summed E-state index contributed by atoms with van der Waals surface area (Å²) in [6, 6.07) is 7.70. The Balaban J connectivity index is 1.40. The molecule has 2 aromatic rings. The van der Waals surface area contributed by atoms with Crippen LogP contribution < -0.4 is 0 Å². The van der Waals surface area contributed by atoms with Gasteiger partial charge >= 0.3 is 0 Å². The molecule has 0 bridgehead atoms. The van der Waals surface area contributed by atoms with Crippen molar-refractivity contribution in [2.75, 3.05) is 24.6 Å². The highest BCUT2D eigenvalue weighted by atomic mass is 32.2. The molecule has 0 radical (unpaired) electrons. The number of amides is 1. The third-order valence-corrected chi connectivity index (χ3v) is 6.82. The fraction of sp³-hybridized carbons (Fsp3) is 0.529. The fourth-order valence-electron chi connectivity index (χ4n) is 3.66. The van der Waals surface area contributed by atoms with Crippen molar-refractivity contribution in [3.63, 3.8) is 0 Å². The molecule has 1 atom stereocenters. The largest absolute Gasteiger partial charge is 0.440 e. The van der Waals surface area contributed by atoms with E-state index < -0.39 is 9.84 Å². The molecule has 24 heavy (non-hydrogen) atoms. The number of para-hydroxylation sites is 2. The fourth-order valence-corrected chi connectivity index (χ4v) is 5.39. The maximum absolute atomic E-state index is 12.5. The Bertz CT molecular complexity index is 833. The normalized spacial score (nSPS) is 24.5. The van der Waals surface area contributed by atoms with E-state index in [-0.39, 0.29) is 29.2 Å². The summed E-state index contributed by atoms with van der Waals surface area (Å²) in [4.78, 5) is 18.9. The van der Waals surface area contributed by atoms with Gasteiger partial charge in [-0.05, 0) is 31.4 Å². The zero-order valence-electron chi connectivity index (χ0n) is 13.3. The number of carbonyl (C=O) groups is 1. The van der Waals surface area contributed by atoms with Crippen LogP contribution in [0.5, 0.6) is 0 Å². The molecule has 4 rings (SSSR count). The van der Waals surface area contributed by atoms with Gasteiger partial charge in [0.15, 0.2) is 21.3 Å². The van der Waals surface area contributed by atoms with E-state index in [2.05, 4.69) is 4.98 Å². The minimum Gasteiger partial charge on any atom is -0.440 e. The van der Waals surface area contributed by atoms with Crippen molar-refractivity contribution in [1.82, 2.24) is 9.88 Å². The first kappa shape index (κ1) is 15.6. The second kappa shape index (κ2) is 5.88. The van der Waals surface area contributed by atoms with Crippen LogP contribution in [0, 0.1) is 5.92 Å². The number of nitrogens with zero attached hydrogens (tertiary/aromatic N) is 2. The van der Waals surface area contributed by atoms with Gasteiger partial charge in [-0.3, -0.25) is 4.79 Å². The maximum atomic E-state index is 12.5. The van der Waals surface area contributed by atoms with Gasteiger partial charge in [-0.25, -0.2) is 13.4 Å². The van der Waals surface area contributed by atoms with Gasteiger partial charge in [0, 0.05) is 19.0 Å². The van der Waals surface area contributed by atoms with Crippen molar-refractivity contribution >= 4 is 26.8 Å². The summed E-state index contributed by atoms with van der Waals surface area (Å²) in [6.45, 7) is 1.28. The second-order valence-corrected chi connectivity index (χ2v) is 8.95. The summed E-state index contributed by atoms with van der Waals surface area (Å²) in [5, 5.41) is 0. The van der Waals surface area contributed by atoms with Gasteiger partial charge in [0.1, 0.15) is 5.52 Å². The first-order valence-electron chi connectivity index (χ1n) is 8.36. The number of piperidine rings is 1. The zero-order chi connectivity index (χ0) is 16.7. The van der Waals surface area contributed by atoms with Crippen molar-refractivity contribution in [3.05, 3.63) is 30.2 Å². The van der Waals surface area contributed by atoms with Crippen LogP contribution >= 0.6 is 0 Å². The van der Waals surface area contributed by atoms with Crippen molar-refractivity contribution < 1.29 is 17.6 Å². The molecule has 0 spiro atoms. The number of benzene rings is 1.